The topological polar surface area (TPSA) is 119 Å². The first-order valence-electron chi connectivity index (χ1n) is 9.64. The molecule has 0 amide bonds. The quantitative estimate of drug-likeness (QED) is 0.513. The molecular weight excluding hydrogens is 422 g/mol. The van der Waals surface area contributed by atoms with E-state index in [0.717, 1.165) is 6.26 Å². The normalized spacial score (nSPS) is 13.9. The molecule has 1 aromatic carbocycles. The summed E-state index contributed by atoms with van der Waals surface area (Å²) >= 11 is 0. The van der Waals surface area contributed by atoms with E-state index in [1.54, 1.807) is 30.5 Å². The Bertz CT molecular complexity index is 1490. The van der Waals surface area contributed by atoms with Crippen LogP contribution in [0.2, 0.25) is 0 Å². The number of nitrogens with zero attached hydrogens (tertiary/aromatic N) is 4. The molecule has 5 rings (SSSR count). The number of H-pyrrole nitrogens is 1. The smallest absolute Gasteiger partial charge is 0.332 e. The average molecular weight is 441 g/mol. The van der Waals surface area contributed by atoms with Crippen LogP contribution in [0.5, 0.6) is 11.5 Å². The lowest BCUT2D eigenvalue weighted by Crippen LogP contribution is -2.37. The SMILES string of the molecule is CCOc1ccnc2[nH]c(=O)n(-c3ccc4ncc5c(c4c3)OCCN5S(C)(=O)=O)c12. The number of hydrogen-bond donors (Lipinski definition) is 1. The average Bonchev–Trinajstić information content (AvgIpc) is 3.09. The Hall–Kier alpha value is -3.60. The summed E-state index contributed by atoms with van der Waals surface area (Å²) in [5, 5.41) is 0.603. The first kappa shape index (κ1) is 19.4. The molecular formula is C20H19N5O5S. The maximum Gasteiger partial charge on any atom is 0.332 e. The van der Waals surface area contributed by atoms with Gasteiger partial charge in [0.2, 0.25) is 10.0 Å². The Morgan fingerprint density at radius 3 is 2.87 bits per heavy atom. The number of fused-ring (bicyclic) bond motifs is 4. The first-order chi connectivity index (χ1) is 14.9. The fourth-order valence-electron chi connectivity index (χ4n) is 3.83. The van der Waals surface area contributed by atoms with Crippen molar-refractivity contribution < 1.29 is 17.9 Å². The second-order valence-electron chi connectivity index (χ2n) is 7.06. The molecule has 31 heavy (non-hydrogen) atoms. The van der Waals surface area contributed by atoms with Crippen molar-refractivity contribution in [2.45, 2.75) is 6.92 Å². The van der Waals surface area contributed by atoms with Gasteiger partial charge in [0.15, 0.2) is 11.4 Å². The van der Waals surface area contributed by atoms with Gasteiger partial charge in [-0.1, -0.05) is 0 Å². The third-order valence-electron chi connectivity index (χ3n) is 5.09. The second kappa shape index (κ2) is 6.98. The van der Waals surface area contributed by atoms with Crippen molar-refractivity contribution in [2.75, 3.05) is 30.3 Å². The summed E-state index contributed by atoms with van der Waals surface area (Å²) in [5.41, 5.74) is 2.10. The number of benzene rings is 1. The van der Waals surface area contributed by atoms with Crippen molar-refractivity contribution in [3.63, 3.8) is 0 Å². The van der Waals surface area contributed by atoms with Gasteiger partial charge in [-0.2, -0.15) is 0 Å². The molecule has 0 saturated heterocycles. The van der Waals surface area contributed by atoms with Gasteiger partial charge in [0.1, 0.15) is 23.6 Å². The number of aromatic amines is 1. The number of aromatic nitrogens is 4. The zero-order valence-electron chi connectivity index (χ0n) is 16.8. The van der Waals surface area contributed by atoms with Crippen LogP contribution in [-0.4, -0.2) is 54.0 Å². The van der Waals surface area contributed by atoms with Gasteiger partial charge >= 0.3 is 5.69 Å². The van der Waals surface area contributed by atoms with Crippen LogP contribution in [0.3, 0.4) is 0 Å². The minimum Gasteiger partial charge on any atom is -0.491 e. The van der Waals surface area contributed by atoms with Crippen LogP contribution in [0.25, 0.3) is 27.8 Å². The molecule has 0 atom stereocenters. The molecule has 0 aliphatic carbocycles. The first-order valence-corrected chi connectivity index (χ1v) is 11.5. The van der Waals surface area contributed by atoms with Gasteiger partial charge in [0, 0.05) is 17.6 Å². The Labute approximate surface area is 177 Å². The highest BCUT2D eigenvalue weighted by Gasteiger charge is 2.27. The largest absolute Gasteiger partial charge is 0.491 e. The summed E-state index contributed by atoms with van der Waals surface area (Å²) in [6, 6.07) is 6.98. The van der Waals surface area contributed by atoms with E-state index >= 15 is 0 Å². The lowest BCUT2D eigenvalue weighted by molar-refractivity contribution is 0.319. The monoisotopic (exact) mass is 441 g/mol. The molecule has 1 N–H and O–H groups in total. The van der Waals surface area contributed by atoms with E-state index in [0.29, 0.717) is 51.5 Å². The second-order valence-corrected chi connectivity index (χ2v) is 8.97. The van der Waals surface area contributed by atoms with E-state index in [1.165, 1.54) is 15.1 Å². The number of imidazole rings is 1. The van der Waals surface area contributed by atoms with Crippen molar-refractivity contribution in [3.05, 3.63) is 47.1 Å². The lowest BCUT2D eigenvalue weighted by Gasteiger charge is -2.29. The molecule has 0 fully saturated rings. The number of pyridine rings is 2. The zero-order valence-corrected chi connectivity index (χ0v) is 17.6. The Balaban J connectivity index is 1.77. The van der Waals surface area contributed by atoms with Crippen molar-refractivity contribution >= 4 is 37.8 Å². The number of nitrogens with one attached hydrogen (secondary N) is 1. The summed E-state index contributed by atoms with van der Waals surface area (Å²) < 4.78 is 38.7. The molecule has 0 saturated carbocycles. The van der Waals surface area contributed by atoms with Crippen molar-refractivity contribution in [2.24, 2.45) is 0 Å². The molecule has 0 radical (unpaired) electrons. The van der Waals surface area contributed by atoms with E-state index in [4.69, 9.17) is 9.47 Å². The van der Waals surface area contributed by atoms with Crippen molar-refractivity contribution in [3.8, 4) is 17.2 Å². The molecule has 11 heteroatoms. The van der Waals surface area contributed by atoms with E-state index < -0.39 is 10.0 Å². The molecule has 1 aliphatic heterocycles. The standard InChI is InChI=1S/C20H19N5O5S/c1-3-29-16-6-7-21-19-17(16)25(20(26)23-19)12-4-5-14-13(10-12)18-15(11-22-14)24(8-9-30-18)31(2,27)28/h4-7,10-11H,3,8-9H2,1-2H3,(H,21,23,26). The van der Waals surface area contributed by atoms with Crippen molar-refractivity contribution in [1.29, 1.82) is 0 Å². The van der Waals surface area contributed by atoms with Crippen LogP contribution in [0.1, 0.15) is 6.92 Å². The minimum absolute atomic E-state index is 0.212. The molecule has 160 valence electrons. The van der Waals surface area contributed by atoms with Crippen LogP contribution in [0.15, 0.2) is 41.5 Å². The van der Waals surface area contributed by atoms with Gasteiger partial charge in [-0.3, -0.25) is 18.8 Å². The van der Waals surface area contributed by atoms with E-state index in [1.807, 2.05) is 6.92 Å². The van der Waals surface area contributed by atoms with Crippen LogP contribution in [-0.2, 0) is 10.0 Å². The highest BCUT2D eigenvalue weighted by molar-refractivity contribution is 7.92. The summed E-state index contributed by atoms with van der Waals surface area (Å²) in [4.78, 5) is 24.2. The highest BCUT2D eigenvalue weighted by Crippen LogP contribution is 2.39. The third-order valence-corrected chi connectivity index (χ3v) is 6.27. The Morgan fingerprint density at radius 1 is 1.26 bits per heavy atom. The van der Waals surface area contributed by atoms with Gasteiger partial charge in [-0.15, -0.1) is 0 Å². The highest BCUT2D eigenvalue weighted by atomic mass is 32.2. The fourth-order valence-corrected chi connectivity index (χ4v) is 4.72. The minimum atomic E-state index is -3.48. The van der Waals surface area contributed by atoms with Gasteiger partial charge in [0.25, 0.3) is 0 Å². The van der Waals surface area contributed by atoms with E-state index in [9.17, 15) is 13.2 Å². The number of sulfonamides is 1. The summed E-state index contributed by atoms with van der Waals surface area (Å²) in [6.45, 7) is 2.72. The van der Waals surface area contributed by atoms with Crippen LogP contribution in [0.4, 0.5) is 5.69 Å². The number of ether oxygens (including phenoxy) is 2. The summed E-state index contributed by atoms with van der Waals surface area (Å²) in [7, 11) is -3.48. The van der Waals surface area contributed by atoms with E-state index in [-0.39, 0.29) is 18.8 Å². The zero-order chi connectivity index (χ0) is 21.8. The predicted octanol–water partition coefficient (Wildman–Crippen LogP) is 1.82. The van der Waals surface area contributed by atoms with Crippen LogP contribution >= 0.6 is 0 Å². The molecule has 10 nitrogen and oxygen atoms in total. The summed E-state index contributed by atoms with van der Waals surface area (Å²) in [6.07, 6.45) is 4.21. The third kappa shape index (κ3) is 3.08. The van der Waals surface area contributed by atoms with E-state index in [2.05, 4.69) is 15.0 Å². The van der Waals surface area contributed by atoms with Gasteiger partial charge in [-0.25, -0.2) is 18.2 Å². The van der Waals surface area contributed by atoms with Gasteiger partial charge in [-0.05, 0) is 25.1 Å². The molecule has 4 aromatic rings. The molecule has 3 aromatic heterocycles. The molecule has 1 aliphatic rings. The summed E-state index contributed by atoms with van der Waals surface area (Å²) in [5.74, 6) is 0.943. The van der Waals surface area contributed by atoms with Crippen molar-refractivity contribution in [1.82, 2.24) is 19.5 Å². The Kier molecular flexibility index (Phi) is 4.36. The maximum absolute atomic E-state index is 12.8. The number of rotatable bonds is 4. The fraction of sp³-hybridized carbons (Fsp3) is 0.250. The Morgan fingerprint density at radius 2 is 2.10 bits per heavy atom. The van der Waals surface area contributed by atoms with Gasteiger partial charge < -0.3 is 9.47 Å². The molecule has 0 unspecified atom stereocenters. The maximum atomic E-state index is 12.8. The predicted molar refractivity (Wildman–Crippen MR) is 116 cm³/mol. The molecule has 0 bridgehead atoms. The number of anilines is 1. The molecule has 4 heterocycles. The van der Waals surface area contributed by atoms with Gasteiger partial charge in [0.05, 0.1) is 36.8 Å². The lowest BCUT2D eigenvalue weighted by atomic mass is 10.1. The van der Waals surface area contributed by atoms with Crippen LogP contribution in [0, 0.1) is 0 Å². The number of hydrogen-bond acceptors (Lipinski definition) is 7. The molecule has 0 spiro atoms. The van der Waals surface area contributed by atoms with Crippen LogP contribution < -0.4 is 19.5 Å².